The van der Waals surface area contributed by atoms with E-state index in [0.717, 1.165) is 32.2 Å². The zero-order chi connectivity index (χ0) is 12.3. The molecule has 17 heavy (non-hydrogen) atoms. The predicted molar refractivity (Wildman–Crippen MR) is 71.0 cm³/mol. The first-order chi connectivity index (χ1) is 8.09. The third-order valence-electron chi connectivity index (χ3n) is 3.92. The van der Waals surface area contributed by atoms with E-state index in [4.69, 9.17) is 0 Å². The molecule has 2 nitrogen and oxygen atoms in total. The van der Waals surface area contributed by atoms with Crippen molar-refractivity contribution in [3.63, 3.8) is 0 Å². The van der Waals surface area contributed by atoms with Crippen molar-refractivity contribution in [1.82, 2.24) is 4.90 Å². The number of hydrogen-bond acceptors (Lipinski definition) is 2. The Hall–Kier alpha value is -0.860. The van der Waals surface area contributed by atoms with Crippen LogP contribution in [0.15, 0.2) is 30.3 Å². The molecule has 1 heterocycles. The molecule has 0 aromatic heterocycles. The molecule has 1 fully saturated rings. The second-order valence-corrected chi connectivity index (χ2v) is 5.53. The smallest absolute Gasteiger partial charge is 0.0789 e. The fraction of sp³-hybridized carbons (Fsp3) is 0.600. The van der Waals surface area contributed by atoms with Crippen LogP contribution < -0.4 is 0 Å². The molecule has 2 atom stereocenters. The van der Waals surface area contributed by atoms with E-state index in [9.17, 15) is 5.11 Å². The largest absolute Gasteiger partial charge is 0.388 e. The topological polar surface area (TPSA) is 23.5 Å². The summed E-state index contributed by atoms with van der Waals surface area (Å²) in [7, 11) is 2.10. The highest BCUT2D eigenvalue weighted by Gasteiger charge is 2.37. The molecule has 0 radical (unpaired) electrons. The minimum atomic E-state index is -0.455. The van der Waals surface area contributed by atoms with Crippen LogP contribution in [0.5, 0.6) is 0 Å². The second kappa shape index (κ2) is 5.19. The third-order valence-corrected chi connectivity index (χ3v) is 3.92. The van der Waals surface area contributed by atoms with Gasteiger partial charge in [0.25, 0.3) is 0 Å². The van der Waals surface area contributed by atoms with Gasteiger partial charge in [-0.25, -0.2) is 0 Å². The van der Waals surface area contributed by atoms with Crippen LogP contribution in [0, 0.1) is 0 Å². The minimum absolute atomic E-state index is 0.455. The average molecular weight is 233 g/mol. The van der Waals surface area contributed by atoms with Gasteiger partial charge in [0.1, 0.15) is 0 Å². The van der Waals surface area contributed by atoms with Crippen LogP contribution in [-0.2, 0) is 6.42 Å². The van der Waals surface area contributed by atoms with Crippen molar-refractivity contribution in [3.8, 4) is 0 Å². The molecule has 1 aromatic rings. The molecule has 0 spiro atoms. The lowest BCUT2D eigenvalue weighted by molar-refractivity contribution is 0.0409. The zero-order valence-electron chi connectivity index (χ0n) is 10.9. The number of aryl methyl sites for hydroxylation is 1. The van der Waals surface area contributed by atoms with E-state index >= 15 is 0 Å². The maximum atomic E-state index is 10.5. The van der Waals surface area contributed by atoms with E-state index in [1.165, 1.54) is 5.56 Å². The van der Waals surface area contributed by atoms with Crippen molar-refractivity contribution in [2.45, 2.75) is 44.2 Å². The van der Waals surface area contributed by atoms with Gasteiger partial charge in [0.05, 0.1) is 5.60 Å². The van der Waals surface area contributed by atoms with Gasteiger partial charge in [0.2, 0.25) is 0 Å². The van der Waals surface area contributed by atoms with Crippen LogP contribution in [0.3, 0.4) is 0 Å². The van der Waals surface area contributed by atoms with Crippen LogP contribution in [0.1, 0.15) is 31.7 Å². The SMILES string of the molecule is CC1CC(O)(CCCc2ccccc2)CN1C. The molecule has 1 N–H and O–H groups in total. The van der Waals surface area contributed by atoms with Gasteiger partial charge >= 0.3 is 0 Å². The summed E-state index contributed by atoms with van der Waals surface area (Å²) in [5, 5.41) is 10.5. The van der Waals surface area contributed by atoms with Gasteiger partial charge in [-0.2, -0.15) is 0 Å². The van der Waals surface area contributed by atoms with Crippen LogP contribution in [-0.4, -0.2) is 35.2 Å². The molecule has 2 heteroatoms. The summed E-state index contributed by atoms with van der Waals surface area (Å²) < 4.78 is 0. The fourth-order valence-corrected chi connectivity index (χ4v) is 2.84. The maximum absolute atomic E-state index is 10.5. The molecular weight excluding hydrogens is 210 g/mol. The standard InChI is InChI=1S/C15H23NO/c1-13-11-15(17,12-16(13)2)10-6-9-14-7-4-3-5-8-14/h3-5,7-8,13,17H,6,9-12H2,1-2H3. The molecule has 0 bridgehead atoms. The summed E-state index contributed by atoms with van der Waals surface area (Å²) in [6.45, 7) is 3.01. The maximum Gasteiger partial charge on any atom is 0.0789 e. The van der Waals surface area contributed by atoms with Crippen molar-refractivity contribution < 1.29 is 5.11 Å². The van der Waals surface area contributed by atoms with Gasteiger partial charge in [-0.1, -0.05) is 30.3 Å². The normalized spacial score (nSPS) is 29.7. The Labute approximate surface area is 104 Å². The van der Waals surface area contributed by atoms with Gasteiger partial charge in [-0.3, -0.25) is 0 Å². The lowest BCUT2D eigenvalue weighted by Gasteiger charge is -2.22. The lowest BCUT2D eigenvalue weighted by atomic mass is 9.93. The Morgan fingerprint density at radius 2 is 2.06 bits per heavy atom. The van der Waals surface area contributed by atoms with Gasteiger partial charge in [0, 0.05) is 12.6 Å². The molecule has 1 aliphatic rings. The molecule has 1 aromatic carbocycles. The molecule has 1 saturated heterocycles. The number of likely N-dealkylation sites (N-methyl/N-ethyl adjacent to an activating group) is 1. The Balaban J connectivity index is 1.79. The first-order valence-electron chi connectivity index (χ1n) is 6.56. The van der Waals surface area contributed by atoms with Gasteiger partial charge in [0.15, 0.2) is 0 Å². The summed E-state index contributed by atoms with van der Waals surface area (Å²) in [5.41, 5.74) is 0.915. The van der Waals surface area contributed by atoms with Crippen molar-refractivity contribution in [3.05, 3.63) is 35.9 Å². The monoisotopic (exact) mass is 233 g/mol. The highest BCUT2D eigenvalue weighted by atomic mass is 16.3. The average Bonchev–Trinajstić information content (AvgIpc) is 2.54. The Morgan fingerprint density at radius 1 is 1.35 bits per heavy atom. The molecule has 2 rings (SSSR count). The zero-order valence-corrected chi connectivity index (χ0v) is 10.9. The number of hydrogen-bond donors (Lipinski definition) is 1. The molecular formula is C15H23NO. The number of aliphatic hydroxyl groups is 1. The summed E-state index contributed by atoms with van der Waals surface area (Å²) >= 11 is 0. The van der Waals surface area contributed by atoms with E-state index in [-0.39, 0.29) is 0 Å². The van der Waals surface area contributed by atoms with Crippen LogP contribution in [0.25, 0.3) is 0 Å². The predicted octanol–water partition coefficient (Wildman–Crippen LogP) is 2.46. The van der Waals surface area contributed by atoms with E-state index in [1.54, 1.807) is 0 Å². The lowest BCUT2D eigenvalue weighted by Crippen LogP contribution is -2.31. The molecule has 94 valence electrons. The van der Waals surface area contributed by atoms with Gasteiger partial charge in [-0.15, -0.1) is 0 Å². The first-order valence-corrected chi connectivity index (χ1v) is 6.56. The Kier molecular flexibility index (Phi) is 3.85. The number of rotatable bonds is 4. The number of nitrogens with zero attached hydrogens (tertiary/aromatic N) is 1. The Bertz CT molecular complexity index is 339. The Morgan fingerprint density at radius 3 is 2.65 bits per heavy atom. The van der Waals surface area contributed by atoms with Crippen molar-refractivity contribution >= 4 is 0 Å². The number of β-amino-alcohol motifs (C(OH)–C–C–N with tert-alkyl or cyclic N) is 1. The van der Waals surface area contributed by atoms with Crippen LogP contribution in [0.4, 0.5) is 0 Å². The molecule has 0 aliphatic carbocycles. The highest BCUT2D eigenvalue weighted by Crippen LogP contribution is 2.29. The molecule has 2 unspecified atom stereocenters. The van der Waals surface area contributed by atoms with Crippen LogP contribution in [0.2, 0.25) is 0 Å². The van der Waals surface area contributed by atoms with Crippen LogP contribution >= 0.6 is 0 Å². The molecule has 0 saturated carbocycles. The minimum Gasteiger partial charge on any atom is -0.388 e. The second-order valence-electron chi connectivity index (χ2n) is 5.53. The molecule has 1 aliphatic heterocycles. The quantitative estimate of drug-likeness (QED) is 0.863. The summed E-state index contributed by atoms with van der Waals surface area (Å²) in [6.07, 6.45) is 3.97. The van der Waals surface area contributed by atoms with Crippen molar-refractivity contribution in [2.75, 3.05) is 13.6 Å². The third kappa shape index (κ3) is 3.30. The highest BCUT2D eigenvalue weighted by molar-refractivity contribution is 5.14. The fourth-order valence-electron chi connectivity index (χ4n) is 2.84. The summed E-state index contributed by atoms with van der Waals surface area (Å²) in [4.78, 5) is 2.25. The first kappa shape index (κ1) is 12.6. The van der Waals surface area contributed by atoms with Gasteiger partial charge < -0.3 is 10.0 Å². The molecule has 0 amide bonds. The van der Waals surface area contributed by atoms with E-state index in [0.29, 0.717) is 6.04 Å². The van der Waals surface area contributed by atoms with Crippen molar-refractivity contribution in [1.29, 1.82) is 0 Å². The van der Waals surface area contributed by atoms with E-state index in [2.05, 4.69) is 43.1 Å². The van der Waals surface area contributed by atoms with E-state index < -0.39 is 5.60 Å². The van der Waals surface area contributed by atoms with Crippen molar-refractivity contribution in [2.24, 2.45) is 0 Å². The number of likely N-dealkylation sites (tertiary alicyclic amines) is 1. The number of benzene rings is 1. The van der Waals surface area contributed by atoms with E-state index in [1.807, 2.05) is 6.07 Å². The summed E-state index contributed by atoms with van der Waals surface area (Å²) in [5.74, 6) is 0. The van der Waals surface area contributed by atoms with Gasteiger partial charge in [-0.05, 0) is 45.2 Å². The summed E-state index contributed by atoms with van der Waals surface area (Å²) in [6, 6.07) is 11.0.